The van der Waals surface area contributed by atoms with Crippen molar-refractivity contribution in [2.24, 2.45) is 10.9 Å². The van der Waals surface area contributed by atoms with Gasteiger partial charge >= 0.3 is 0 Å². The highest BCUT2D eigenvalue weighted by Crippen LogP contribution is 2.03. The molecule has 138 valence electrons. The second-order valence-electron chi connectivity index (χ2n) is 5.82. The van der Waals surface area contributed by atoms with Gasteiger partial charge in [0.2, 0.25) is 0 Å². The van der Waals surface area contributed by atoms with Crippen LogP contribution in [0, 0.1) is 5.92 Å². The highest BCUT2D eigenvalue weighted by molar-refractivity contribution is 14.0. The zero-order valence-corrected chi connectivity index (χ0v) is 17.2. The molecule has 0 saturated heterocycles. The molecule has 0 bridgehead atoms. The molecule has 2 aromatic rings. The molecule has 0 saturated carbocycles. The number of hydrogen-bond donors (Lipinski definition) is 2. The molecule has 25 heavy (non-hydrogen) atoms. The van der Waals surface area contributed by atoms with Gasteiger partial charge in [-0.3, -0.25) is 4.99 Å². The number of nitrogens with one attached hydrogen (secondary N) is 2. The van der Waals surface area contributed by atoms with Crippen LogP contribution in [0.25, 0.3) is 0 Å². The predicted molar refractivity (Wildman–Crippen MR) is 112 cm³/mol. The first-order valence-corrected chi connectivity index (χ1v) is 8.36. The Morgan fingerprint density at radius 2 is 1.96 bits per heavy atom. The number of guanidine groups is 1. The Labute approximate surface area is 167 Å². The highest BCUT2D eigenvalue weighted by atomic mass is 127. The van der Waals surface area contributed by atoms with E-state index in [9.17, 15) is 0 Å². The lowest BCUT2D eigenvalue weighted by Gasteiger charge is -2.16. The Kier molecular flexibility index (Phi) is 11.0. The van der Waals surface area contributed by atoms with E-state index >= 15 is 0 Å². The summed E-state index contributed by atoms with van der Waals surface area (Å²) in [5.74, 6) is 2.18. The summed E-state index contributed by atoms with van der Waals surface area (Å²) in [5, 5.41) is 6.61. The number of nitrogens with zero attached hydrogens (tertiary/aromatic N) is 1. The standard InChI is InChI=1S/C19H27N3O2.HI/c1-16(14-23-15-17-7-4-3-5-8-17)13-22-19(20-2)21-11-10-18-9-6-12-24-18;/h3-9,12,16H,10-11,13-15H2,1-2H3,(H2,20,21,22);1H. The molecule has 1 unspecified atom stereocenters. The van der Waals surface area contributed by atoms with Crippen molar-refractivity contribution >= 4 is 29.9 Å². The summed E-state index contributed by atoms with van der Waals surface area (Å²) < 4.78 is 11.1. The van der Waals surface area contributed by atoms with Crippen molar-refractivity contribution in [3.63, 3.8) is 0 Å². The van der Waals surface area contributed by atoms with E-state index in [2.05, 4.69) is 34.7 Å². The minimum absolute atomic E-state index is 0. The van der Waals surface area contributed by atoms with Gasteiger partial charge in [0, 0.05) is 26.6 Å². The zero-order valence-electron chi connectivity index (χ0n) is 14.9. The molecular weight excluding hydrogens is 429 g/mol. The van der Waals surface area contributed by atoms with Gasteiger partial charge in [-0.25, -0.2) is 0 Å². The number of furan rings is 1. The first kappa shape index (κ1) is 21.5. The molecule has 5 nitrogen and oxygen atoms in total. The number of ether oxygens (including phenoxy) is 1. The van der Waals surface area contributed by atoms with Gasteiger partial charge in [-0.1, -0.05) is 37.3 Å². The van der Waals surface area contributed by atoms with E-state index in [0.717, 1.165) is 31.2 Å². The molecule has 1 aromatic carbocycles. The van der Waals surface area contributed by atoms with Crippen LogP contribution in [-0.4, -0.2) is 32.7 Å². The summed E-state index contributed by atoms with van der Waals surface area (Å²) in [4.78, 5) is 4.23. The summed E-state index contributed by atoms with van der Waals surface area (Å²) in [6.07, 6.45) is 2.53. The van der Waals surface area contributed by atoms with Crippen LogP contribution in [0.1, 0.15) is 18.2 Å². The summed E-state index contributed by atoms with van der Waals surface area (Å²) in [6, 6.07) is 14.1. The van der Waals surface area contributed by atoms with Crippen LogP contribution in [0.4, 0.5) is 0 Å². The maximum Gasteiger partial charge on any atom is 0.191 e. The molecule has 0 radical (unpaired) electrons. The molecular formula is C19H28IN3O2. The van der Waals surface area contributed by atoms with Crippen LogP contribution in [0.3, 0.4) is 0 Å². The maximum absolute atomic E-state index is 5.76. The van der Waals surface area contributed by atoms with Gasteiger partial charge in [-0.05, 0) is 23.6 Å². The normalized spacial score (nSPS) is 12.3. The first-order chi connectivity index (χ1) is 11.8. The Balaban J connectivity index is 0.00000312. The SMILES string of the molecule is CN=C(NCCc1ccco1)NCC(C)COCc1ccccc1.I. The van der Waals surface area contributed by atoms with Crippen LogP contribution in [-0.2, 0) is 17.8 Å². The van der Waals surface area contributed by atoms with E-state index in [1.165, 1.54) is 5.56 Å². The van der Waals surface area contributed by atoms with Gasteiger partial charge in [-0.2, -0.15) is 0 Å². The maximum atomic E-state index is 5.76. The Hall–Kier alpha value is -1.54. The van der Waals surface area contributed by atoms with Crippen molar-refractivity contribution in [3.8, 4) is 0 Å². The average molecular weight is 457 g/mol. The van der Waals surface area contributed by atoms with Crippen molar-refractivity contribution in [1.82, 2.24) is 10.6 Å². The van der Waals surface area contributed by atoms with E-state index < -0.39 is 0 Å². The molecule has 2 N–H and O–H groups in total. The molecule has 1 atom stereocenters. The molecule has 0 aliphatic heterocycles. The van der Waals surface area contributed by atoms with E-state index in [1.54, 1.807) is 13.3 Å². The van der Waals surface area contributed by atoms with Crippen molar-refractivity contribution in [2.45, 2.75) is 20.0 Å². The number of hydrogen-bond acceptors (Lipinski definition) is 3. The van der Waals surface area contributed by atoms with Gasteiger partial charge in [0.25, 0.3) is 0 Å². The Morgan fingerprint density at radius 3 is 2.64 bits per heavy atom. The molecule has 0 fully saturated rings. The van der Waals surface area contributed by atoms with Crippen molar-refractivity contribution in [3.05, 3.63) is 60.1 Å². The molecule has 0 aliphatic carbocycles. The fraction of sp³-hybridized carbons (Fsp3) is 0.421. The van der Waals surface area contributed by atoms with Crippen molar-refractivity contribution in [1.29, 1.82) is 0 Å². The predicted octanol–water partition coefficient (Wildman–Crippen LogP) is 3.46. The van der Waals surface area contributed by atoms with E-state index in [4.69, 9.17) is 9.15 Å². The lowest BCUT2D eigenvalue weighted by molar-refractivity contribution is 0.0931. The lowest BCUT2D eigenvalue weighted by Crippen LogP contribution is -2.40. The summed E-state index contributed by atoms with van der Waals surface area (Å²) in [7, 11) is 1.78. The molecule has 6 heteroatoms. The minimum atomic E-state index is 0. The van der Waals surface area contributed by atoms with Crippen molar-refractivity contribution in [2.75, 3.05) is 26.7 Å². The van der Waals surface area contributed by atoms with E-state index in [1.807, 2.05) is 30.3 Å². The number of halogens is 1. The smallest absolute Gasteiger partial charge is 0.191 e. The van der Waals surface area contributed by atoms with E-state index in [-0.39, 0.29) is 24.0 Å². The second kappa shape index (κ2) is 12.8. The number of benzene rings is 1. The fourth-order valence-electron chi connectivity index (χ4n) is 2.26. The van der Waals surface area contributed by atoms with Gasteiger partial charge in [0.1, 0.15) is 5.76 Å². The molecule has 0 amide bonds. The third-order valence-corrected chi connectivity index (χ3v) is 3.60. The summed E-state index contributed by atoms with van der Waals surface area (Å²) >= 11 is 0. The van der Waals surface area contributed by atoms with Gasteiger partial charge < -0.3 is 19.8 Å². The second-order valence-corrected chi connectivity index (χ2v) is 5.82. The third-order valence-electron chi connectivity index (χ3n) is 3.60. The largest absolute Gasteiger partial charge is 0.469 e. The minimum Gasteiger partial charge on any atom is -0.469 e. The van der Waals surface area contributed by atoms with Gasteiger partial charge in [0.15, 0.2) is 5.96 Å². The molecule has 0 aliphatic rings. The van der Waals surface area contributed by atoms with Crippen LogP contribution < -0.4 is 10.6 Å². The van der Waals surface area contributed by atoms with Crippen LogP contribution in [0.2, 0.25) is 0 Å². The van der Waals surface area contributed by atoms with Crippen LogP contribution in [0.15, 0.2) is 58.1 Å². The molecule has 0 spiro atoms. The summed E-state index contributed by atoms with van der Waals surface area (Å²) in [6.45, 7) is 5.13. The fourth-order valence-corrected chi connectivity index (χ4v) is 2.26. The van der Waals surface area contributed by atoms with Gasteiger partial charge in [-0.15, -0.1) is 24.0 Å². The zero-order chi connectivity index (χ0) is 17.0. The Bertz CT molecular complexity index is 588. The topological polar surface area (TPSA) is 58.8 Å². The highest BCUT2D eigenvalue weighted by Gasteiger charge is 2.05. The lowest BCUT2D eigenvalue weighted by atomic mass is 10.2. The average Bonchev–Trinajstić information content (AvgIpc) is 3.12. The Morgan fingerprint density at radius 1 is 1.16 bits per heavy atom. The molecule has 1 heterocycles. The quantitative estimate of drug-likeness (QED) is 0.344. The molecule has 2 rings (SSSR count). The third kappa shape index (κ3) is 8.92. The first-order valence-electron chi connectivity index (χ1n) is 8.36. The van der Waals surface area contributed by atoms with Gasteiger partial charge in [0.05, 0.1) is 19.5 Å². The monoisotopic (exact) mass is 457 g/mol. The summed E-state index contributed by atoms with van der Waals surface area (Å²) in [5.41, 5.74) is 1.20. The van der Waals surface area contributed by atoms with Crippen LogP contribution in [0.5, 0.6) is 0 Å². The number of aliphatic imine (C=N–C) groups is 1. The van der Waals surface area contributed by atoms with Crippen LogP contribution >= 0.6 is 24.0 Å². The molecule has 1 aromatic heterocycles. The number of rotatable bonds is 9. The van der Waals surface area contributed by atoms with E-state index in [0.29, 0.717) is 19.1 Å². The van der Waals surface area contributed by atoms with Crippen molar-refractivity contribution < 1.29 is 9.15 Å².